The number of rotatable bonds is 4. The summed E-state index contributed by atoms with van der Waals surface area (Å²) in [5.74, 6) is 1.01. The number of hydrogen-bond donors (Lipinski definition) is 0. The van der Waals surface area contributed by atoms with E-state index in [4.69, 9.17) is 0 Å². The Labute approximate surface area is 138 Å². The van der Waals surface area contributed by atoms with Gasteiger partial charge in [-0.05, 0) is 30.2 Å². The average molecular weight is 332 g/mol. The lowest BCUT2D eigenvalue weighted by molar-refractivity contribution is -0.137. The van der Waals surface area contributed by atoms with Crippen LogP contribution in [-0.2, 0) is 12.7 Å². The van der Waals surface area contributed by atoms with Gasteiger partial charge in [-0.1, -0.05) is 44.2 Å². The zero-order chi connectivity index (χ0) is 17.3. The highest BCUT2D eigenvalue weighted by Crippen LogP contribution is 2.33. The van der Waals surface area contributed by atoms with Crippen molar-refractivity contribution in [3.05, 3.63) is 65.5 Å². The monoisotopic (exact) mass is 332 g/mol. The topological polar surface area (TPSA) is 17.8 Å². The van der Waals surface area contributed by atoms with Gasteiger partial charge >= 0.3 is 6.18 Å². The summed E-state index contributed by atoms with van der Waals surface area (Å²) in [5, 5.41) is 0. The average Bonchev–Trinajstić information content (AvgIpc) is 2.92. The first-order chi connectivity index (χ1) is 11.4. The molecule has 0 aliphatic rings. The molecule has 0 aliphatic heterocycles. The van der Waals surface area contributed by atoms with Crippen LogP contribution in [0.5, 0.6) is 0 Å². The van der Waals surface area contributed by atoms with E-state index in [1.54, 1.807) is 0 Å². The van der Waals surface area contributed by atoms with E-state index in [1.807, 2.05) is 41.8 Å². The van der Waals surface area contributed by atoms with Gasteiger partial charge in [0.1, 0.15) is 5.82 Å². The maximum atomic E-state index is 13.0. The van der Waals surface area contributed by atoms with Gasteiger partial charge in [0.2, 0.25) is 0 Å². The lowest BCUT2D eigenvalue weighted by Crippen LogP contribution is -2.08. The Kier molecular flexibility index (Phi) is 4.35. The number of alkyl halides is 3. The molecule has 0 amide bonds. The number of fused-ring (bicyclic) bond motifs is 1. The molecule has 2 nitrogen and oxygen atoms in total. The summed E-state index contributed by atoms with van der Waals surface area (Å²) >= 11 is 0. The summed E-state index contributed by atoms with van der Waals surface area (Å²) in [5.41, 5.74) is 1.58. The van der Waals surface area contributed by atoms with Gasteiger partial charge in [-0.15, -0.1) is 0 Å². The van der Waals surface area contributed by atoms with Crippen LogP contribution in [0.4, 0.5) is 13.2 Å². The lowest BCUT2D eigenvalue weighted by Gasteiger charge is -2.13. The molecule has 0 radical (unpaired) electrons. The normalized spacial score (nSPS) is 13.4. The largest absolute Gasteiger partial charge is 0.416 e. The van der Waals surface area contributed by atoms with Gasteiger partial charge < -0.3 is 4.57 Å². The van der Waals surface area contributed by atoms with Crippen molar-refractivity contribution in [1.29, 1.82) is 0 Å². The maximum Gasteiger partial charge on any atom is 0.416 e. The molecule has 1 unspecified atom stereocenters. The third-order valence-corrected chi connectivity index (χ3v) is 4.34. The highest BCUT2D eigenvalue weighted by Gasteiger charge is 2.31. The standard InChI is InChI=1S/C19H19F3N2/c1-3-13(2)18-23-16-11-15(19(20,21)22)9-10-17(16)24(18)12-14-7-5-4-6-8-14/h4-11,13H,3,12H2,1-2H3. The Bertz CT molecular complexity index is 835. The molecular formula is C19H19F3N2. The van der Waals surface area contributed by atoms with E-state index in [0.29, 0.717) is 12.1 Å². The minimum Gasteiger partial charge on any atom is -0.323 e. The van der Waals surface area contributed by atoms with Gasteiger partial charge in [-0.2, -0.15) is 13.2 Å². The smallest absolute Gasteiger partial charge is 0.323 e. The highest BCUT2D eigenvalue weighted by atomic mass is 19.4. The first-order valence-electron chi connectivity index (χ1n) is 8.01. The molecule has 3 aromatic rings. The number of halogens is 3. The molecule has 0 N–H and O–H groups in total. The van der Waals surface area contributed by atoms with Crippen molar-refractivity contribution in [2.75, 3.05) is 0 Å². The number of benzene rings is 2. The fourth-order valence-corrected chi connectivity index (χ4v) is 2.82. The van der Waals surface area contributed by atoms with Crippen LogP contribution in [0.3, 0.4) is 0 Å². The van der Waals surface area contributed by atoms with Crippen LogP contribution in [-0.4, -0.2) is 9.55 Å². The van der Waals surface area contributed by atoms with Crippen molar-refractivity contribution in [2.24, 2.45) is 0 Å². The second-order valence-corrected chi connectivity index (χ2v) is 6.05. The molecule has 3 rings (SSSR count). The third kappa shape index (κ3) is 3.16. The molecule has 0 spiro atoms. The van der Waals surface area contributed by atoms with Crippen LogP contribution < -0.4 is 0 Å². The molecule has 1 atom stereocenters. The Morgan fingerprint density at radius 3 is 2.42 bits per heavy atom. The Balaban J connectivity index is 2.13. The van der Waals surface area contributed by atoms with Crippen LogP contribution in [0, 0.1) is 0 Å². The number of aromatic nitrogens is 2. The van der Waals surface area contributed by atoms with Crippen LogP contribution in [0.2, 0.25) is 0 Å². The van der Waals surface area contributed by atoms with Crippen molar-refractivity contribution >= 4 is 11.0 Å². The van der Waals surface area contributed by atoms with Crippen molar-refractivity contribution in [3.8, 4) is 0 Å². The van der Waals surface area contributed by atoms with Gasteiger partial charge in [-0.3, -0.25) is 0 Å². The van der Waals surface area contributed by atoms with E-state index in [0.717, 1.165) is 35.5 Å². The molecule has 24 heavy (non-hydrogen) atoms. The molecular weight excluding hydrogens is 313 g/mol. The quantitative estimate of drug-likeness (QED) is 0.606. The number of hydrogen-bond acceptors (Lipinski definition) is 1. The van der Waals surface area contributed by atoms with Crippen molar-refractivity contribution in [2.45, 2.75) is 38.9 Å². The summed E-state index contributed by atoms with van der Waals surface area (Å²) in [6, 6.07) is 13.7. The summed E-state index contributed by atoms with van der Waals surface area (Å²) in [6.45, 7) is 4.70. The van der Waals surface area contributed by atoms with Gasteiger partial charge in [0.15, 0.2) is 0 Å². The number of nitrogens with zero attached hydrogens (tertiary/aromatic N) is 2. The molecule has 0 saturated carbocycles. The lowest BCUT2D eigenvalue weighted by atomic mass is 10.1. The van der Waals surface area contributed by atoms with Crippen LogP contribution in [0.15, 0.2) is 48.5 Å². The third-order valence-electron chi connectivity index (χ3n) is 4.34. The predicted octanol–water partition coefficient (Wildman–Crippen LogP) is 5.62. The van der Waals surface area contributed by atoms with E-state index in [2.05, 4.69) is 11.9 Å². The Hall–Kier alpha value is -2.30. The van der Waals surface area contributed by atoms with Gasteiger partial charge in [-0.25, -0.2) is 4.98 Å². The van der Waals surface area contributed by atoms with E-state index >= 15 is 0 Å². The summed E-state index contributed by atoms with van der Waals surface area (Å²) < 4.78 is 40.9. The fraction of sp³-hybridized carbons (Fsp3) is 0.316. The Morgan fingerprint density at radius 1 is 1.08 bits per heavy atom. The van der Waals surface area contributed by atoms with E-state index < -0.39 is 11.7 Å². The van der Waals surface area contributed by atoms with E-state index in [1.165, 1.54) is 6.07 Å². The summed E-state index contributed by atoms with van der Waals surface area (Å²) in [7, 11) is 0. The minimum absolute atomic E-state index is 0.176. The molecule has 0 fully saturated rings. The van der Waals surface area contributed by atoms with Crippen LogP contribution >= 0.6 is 0 Å². The zero-order valence-corrected chi connectivity index (χ0v) is 13.6. The van der Waals surface area contributed by atoms with Gasteiger partial charge in [0.25, 0.3) is 0 Å². The Morgan fingerprint density at radius 2 is 1.79 bits per heavy atom. The maximum absolute atomic E-state index is 13.0. The van der Waals surface area contributed by atoms with Gasteiger partial charge in [0.05, 0.1) is 16.6 Å². The van der Waals surface area contributed by atoms with Crippen molar-refractivity contribution in [3.63, 3.8) is 0 Å². The fourth-order valence-electron chi connectivity index (χ4n) is 2.82. The van der Waals surface area contributed by atoms with Gasteiger partial charge in [0, 0.05) is 12.5 Å². The molecule has 1 heterocycles. The molecule has 0 aliphatic carbocycles. The van der Waals surface area contributed by atoms with Crippen molar-refractivity contribution < 1.29 is 13.2 Å². The predicted molar refractivity (Wildman–Crippen MR) is 89.0 cm³/mol. The first-order valence-corrected chi connectivity index (χ1v) is 8.01. The molecule has 0 bridgehead atoms. The van der Waals surface area contributed by atoms with Crippen LogP contribution in [0.25, 0.3) is 11.0 Å². The minimum atomic E-state index is -4.35. The summed E-state index contributed by atoms with van der Waals surface area (Å²) in [6.07, 6.45) is -3.47. The zero-order valence-electron chi connectivity index (χ0n) is 13.6. The molecule has 5 heteroatoms. The van der Waals surface area contributed by atoms with E-state index in [-0.39, 0.29) is 5.92 Å². The number of imidazole rings is 1. The summed E-state index contributed by atoms with van der Waals surface area (Å²) in [4.78, 5) is 4.52. The molecule has 1 aromatic heterocycles. The van der Waals surface area contributed by atoms with Crippen molar-refractivity contribution in [1.82, 2.24) is 9.55 Å². The van der Waals surface area contributed by atoms with E-state index in [9.17, 15) is 13.2 Å². The SMILES string of the molecule is CCC(C)c1nc2cc(C(F)(F)F)ccc2n1Cc1ccccc1. The molecule has 2 aromatic carbocycles. The second kappa shape index (κ2) is 6.30. The molecule has 126 valence electrons. The first kappa shape index (κ1) is 16.6. The highest BCUT2D eigenvalue weighted by molar-refractivity contribution is 5.77. The molecule has 0 saturated heterocycles. The van der Waals surface area contributed by atoms with Crippen LogP contribution in [0.1, 0.15) is 43.1 Å². The second-order valence-electron chi connectivity index (χ2n) is 6.05.